The molecule has 0 fully saturated rings. The standard InChI is InChI=1S/2C9H7.2CH3.2ClH.Hf.Si/c2*1-2-5-9-7-3-6-8(9)4-1;;;;;;/h2*1-7H;2*1H3;2*1H;;/q4*-1;;;+4;. The van der Waals surface area contributed by atoms with E-state index in [2.05, 4.69) is 84.9 Å². The predicted octanol–water partition coefficient (Wildman–Crippen LogP) is 6.48. The second-order valence-electron chi connectivity index (χ2n) is 4.31. The second-order valence-corrected chi connectivity index (χ2v) is 4.31. The molecule has 0 saturated carbocycles. The van der Waals surface area contributed by atoms with E-state index in [1.807, 2.05) is 0 Å². The van der Waals surface area contributed by atoms with E-state index in [0.29, 0.717) is 0 Å². The molecule has 124 valence electrons. The number of rotatable bonds is 0. The quantitative estimate of drug-likeness (QED) is 0.177. The third-order valence-corrected chi connectivity index (χ3v) is 3.10. The topological polar surface area (TPSA) is 0 Å². The molecule has 0 aliphatic heterocycles. The van der Waals surface area contributed by atoms with Crippen molar-refractivity contribution in [2.24, 2.45) is 0 Å². The van der Waals surface area contributed by atoms with E-state index in [1.165, 1.54) is 21.5 Å². The van der Waals surface area contributed by atoms with E-state index in [1.54, 1.807) is 0 Å². The first kappa shape index (κ1) is 31.1. The first-order valence-corrected chi connectivity index (χ1v) is 6.14. The summed E-state index contributed by atoms with van der Waals surface area (Å²) in [5.74, 6) is 0. The fourth-order valence-corrected chi connectivity index (χ4v) is 2.14. The van der Waals surface area contributed by atoms with E-state index in [9.17, 15) is 0 Å². The van der Waals surface area contributed by atoms with E-state index < -0.39 is 0 Å². The minimum absolute atomic E-state index is 0. The summed E-state index contributed by atoms with van der Waals surface area (Å²) >= 11 is 0. The molecule has 4 radical (unpaired) electrons. The average Bonchev–Trinajstić information content (AvgIpc) is 3.08. The van der Waals surface area contributed by atoms with Gasteiger partial charge in [0.25, 0.3) is 0 Å². The Balaban J connectivity index is -0.000000133. The molecular formula is C20H22Cl2HfSi. The Labute approximate surface area is 182 Å². The van der Waals surface area contributed by atoms with Crippen molar-refractivity contribution in [3.8, 4) is 0 Å². The van der Waals surface area contributed by atoms with Crippen molar-refractivity contribution in [2.45, 2.75) is 0 Å². The molecule has 0 aliphatic carbocycles. The summed E-state index contributed by atoms with van der Waals surface area (Å²) in [5.41, 5.74) is 0. The van der Waals surface area contributed by atoms with Crippen LogP contribution in [-0.2, 0) is 25.8 Å². The van der Waals surface area contributed by atoms with Gasteiger partial charge in [0.05, 0.1) is 0 Å². The zero-order valence-electron chi connectivity index (χ0n) is 13.9. The van der Waals surface area contributed by atoms with Gasteiger partial charge in [-0.2, -0.15) is 35.0 Å². The zero-order chi connectivity index (χ0) is 12.2. The molecule has 0 unspecified atom stereocenters. The van der Waals surface area contributed by atoms with Gasteiger partial charge in [-0.15, -0.1) is 84.1 Å². The first-order valence-electron chi connectivity index (χ1n) is 6.14. The third-order valence-electron chi connectivity index (χ3n) is 3.10. The van der Waals surface area contributed by atoms with Crippen LogP contribution in [0.2, 0.25) is 0 Å². The minimum atomic E-state index is 0. The monoisotopic (exact) mass is 540 g/mol. The maximum atomic E-state index is 2.12. The molecule has 4 aromatic carbocycles. The minimum Gasteiger partial charge on any atom is -0.358 e. The van der Waals surface area contributed by atoms with Crippen LogP contribution in [0.3, 0.4) is 0 Å². The maximum absolute atomic E-state index is 2.12. The summed E-state index contributed by atoms with van der Waals surface area (Å²) in [6.07, 6.45) is 0. The number of benzene rings is 2. The molecule has 0 spiro atoms. The molecule has 0 bridgehead atoms. The van der Waals surface area contributed by atoms with E-state index >= 15 is 0 Å². The molecule has 4 heteroatoms. The molecule has 0 atom stereocenters. The SMILES string of the molecule is Cl.Cl.[CH3-].[CH3-].[Hf+4].[Si].c1ccc2[cH-]ccc2c1.c1ccc2[cH-]ccc2c1. The van der Waals surface area contributed by atoms with Crippen LogP contribution in [0.25, 0.3) is 21.5 Å². The first-order chi connectivity index (χ1) is 8.93. The van der Waals surface area contributed by atoms with Crippen molar-refractivity contribution in [1.29, 1.82) is 0 Å². The Hall–Kier alpha value is -0.673. The van der Waals surface area contributed by atoms with Crippen molar-refractivity contribution in [2.75, 3.05) is 0 Å². The zero-order valence-corrected chi connectivity index (χ0v) is 20.1. The molecule has 0 nitrogen and oxygen atoms in total. The fourth-order valence-electron chi connectivity index (χ4n) is 2.14. The predicted molar refractivity (Wildman–Crippen MR) is 112 cm³/mol. The van der Waals surface area contributed by atoms with Crippen LogP contribution in [0.15, 0.2) is 84.9 Å². The van der Waals surface area contributed by atoms with Gasteiger partial charge in [-0.3, -0.25) is 0 Å². The maximum Gasteiger partial charge on any atom is 4.00 e. The van der Waals surface area contributed by atoms with E-state index in [4.69, 9.17) is 0 Å². The largest absolute Gasteiger partial charge is 4.00 e. The summed E-state index contributed by atoms with van der Waals surface area (Å²) in [7, 11) is 0. The Morgan fingerprint density at radius 1 is 0.542 bits per heavy atom. The Bertz CT molecular complexity index is 636. The van der Waals surface area contributed by atoms with Crippen molar-refractivity contribution >= 4 is 57.3 Å². The molecule has 0 amide bonds. The Morgan fingerprint density at radius 2 is 0.875 bits per heavy atom. The van der Waals surface area contributed by atoms with Gasteiger partial charge in [0, 0.05) is 11.0 Å². The summed E-state index contributed by atoms with van der Waals surface area (Å²) < 4.78 is 0. The number of fused-ring (bicyclic) bond motifs is 2. The smallest absolute Gasteiger partial charge is 0.358 e. The van der Waals surface area contributed by atoms with Crippen LogP contribution in [0.4, 0.5) is 0 Å². The molecule has 0 aromatic heterocycles. The van der Waals surface area contributed by atoms with Crippen LogP contribution in [0, 0.1) is 14.9 Å². The van der Waals surface area contributed by atoms with Gasteiger partial charge >= 0.3 is 25.8 Å². The van der Waals surface area contributed by atoms with Gasteiger partial charge in [0.1, 0.15) is 0 Å². The van der Waals surface area contributed by atoms with Crippen LogP contribution in [-0.4, -0.2) is 11.0 Å². The van der Waals surface area contributed by atoms with Crippen molar-refractivity contribution in [3.05, 3.63) is 99.8 Å². The van der Waals surface area contributed by atoms with Gasteiger partial charge in [0.15, 0.2) is 0 Å². The van der Waals surface area contributed by atoms with Crippen molar-refractivity contribution < 1.29 is 25.8 Å². The number of halogens is 2. The fraction of sp³-hybridized carbons (Fsp3) is 0. The molecule has 0 aliphatic rings. The average molecular weight is 540 g/mol. The molecule has 24 heavy (non-hydrogen) atoms. The van der Waals surface area contributed by atoms with Gasteiger partial charge < -0.3 is 14.9 Å². The molecule has 4 aromatic rings. The summed E-state index contributed by atoms with van der Waals surface area (Å²) in [6.45, 7) is 0. The number of hydrogen-bond acceptors (Lipinski definition) is 0. The van der Waals surface area contributed by atoms with Crippen molar-refractivity contribution in [1.82, 2.24) is 0 Å². The molecular weight excluding hydrogens is 518 g/mol. The van der Waals surface area contributed by atoms with Gasteiger partial charge in [-0.05, 0) is 0 Å². The summed E-state index contributed by atoms with van der Waals surface area (Å²) in [5, 5.41) is 5.32. The van der Waals surface area contributed by atoms with Gasteiger partial charge in [-0.25, -0.2) is 0 Å². The summed E-state index contributed by atoms with van der Waals surface area (Å²) in [4.78, 5) is 0. The second kappa shape index (κ2) is 15.8. The molecule has 0 saturated heterocycles. The Morgan fingerprint density at radius 3 is 1.21 bits per heavy atom. The molecule has 0 N–H and O–H groups in total. The van der Waals surface area contributed by atoms with E-state index in [-0.39, 0.29) is 76.5 Å². The molecule has 0 heterocycles. The Kier molecular flexibility index (Phi) is 20.5. The van der Waals surface area contributed by atoms with Gasteiger partial charge in [-0.1, -0.05) is 12.1 Å². The third kappa shape index (κ3) is 7.93. The summed E-state index contributed by atoms with van der Waals surface area (Å²) in [6, 6.07) is 29.3. The molecule has 4 rings (SSSR count). The number of hydrogen-bond donors (Lipinski definition) is 0. The van der Waals surface area contributed by atoms with Crippen LogP contribution in [0.5, 0.6) is 0 Å². The van der Waals surface area contributed by atoms with E-state index in [0.717, 1.165) is 0 Å². The van der Waals surface area contributed by atoms with Crippen LogP contribution >= 0.6 is 24.8 Å². The van der Waals surface area contributed by atoms with Crippen molar-refractivity contribution in [3.63, 3.8) is 0 Å². The van der Waals surface area contributed by atoms with Gasteiger partial charge in [0.2, 0.25) is 0 Å². The van der Waals surface area contributed by atoms with Crippen LogP contribution in [0.1, 0.15) is 0 Å². The van der Waals surface area contributed by atoms with Crippen LogP contribution < -0.4 is 0 Å². The normalized spacial score (nSPS) is 7.67.